The fourth-order valence-electron chi connectivity index (χ4n) is 3.46. The number of nitrogens with zero attached hydrogens (tertiary/aromatic N) is 1. The Balaban J connectivity index is 1.74. The van der Waals surface area contributed by atoms with Gasteiger partial charge in [-0.15, -0.1) is 0 Å². The van der Waals surface area contributed by atoms with E-state index in [0.717, 1.165) is 24.3 Å². The lowest BCUT2D eigenvalue weighted by Gasteiger charge is -2.25. The molecule has 3 heteroatoms. The molecule has 1 aliphatic heterocycles. The Bertz CT molecular complexity index is 210. The Labute approximate surface area is 99.2 Å². The first-order valence-electron chi connectivity index (χ1n) is 6.84. The van der Waals surface area contributed by atoms with Gasteiger partial charge >= 0.3 is 0 Å². The van der Waals surface area contributed by atoms with E-state index in [0.29, 0.717) is 6.61 Å². The standard InChI is InChI=1S/C13H26N2O/c1-14-13-4-2-3-12(13)10-15-7-5-11(9-15)6-8-16/h11-14,16H,2-10H2,1H3. The third kappa shape index (κ3) is 2.96. The number of rotatable bonds is 5. The van der Waals surface area contributed by atoms with Crippen LogP contribution in [0.4, 0.5) is 0 Å². The molecule has 0 aromatic heterocycles. The maximum Gasteiger partial charge on any atom is 0.0434 e. The lowest BCUT2D eigenvalue weighted by atomic mass is 10.0. The van der Waals surface area contributed by atoms with E-state index in [1.165, 1.54) is 45.3 Å². The van der Waals surface area contributed by atoms with Gasteiger partial charge in [-0.1, -0.05) is 6.42 Å². The molecule has 2 fully saturated rings. The van der Waals surface area contributed by atoms with Crippen molar-refractivity contribution < 1.29 is 5.11 Å². The van der Waals surface area contributed by atoms with Gasteiger partial charge in [-0.05, 0) is 51.1 Å². The normalized spacial score (nSPS) is 36.0. The highest BCUT2D eigenvalue weighted by molar-refractivity contribution is 4.86. The minimum absolute atomic E-state index is 0.362. The van der Waals surface area contributed by atoms with Gasteiger partial charge in [0.15, 0.2) is 0 Å². The highest BCUT2D eigenvalue weighted by Gasteiger charge is 2.30. The average molecular weight is 226 g/mol. The molecule has 2 rings (SSSR count). The van der Waals surface area contributed by atoms with Crippen molar-refractivity contribution in [2.45, 2.75) is 38.1 Å². The van der Waals surface area contributed by atoms with Crippen LogP contribution in [0.3, 0.4) is 0 Å². The SMILES string of the molecule is CNC1CCCC1CN1CCC(CCO)C1. The largest absolute Gasteiger partial charge is 0.396 e. The van der Waals surface area contributed by atoms with Crippen LogP contribution in [0.25, 0.3) is 0 Å². The molecule has 2 aliphatic rings. The molecule has 3 atom stereocenters. The fraction of sp³-hybridized carbons (Fsp3) is 1.00. The number of likely N-dealkylation sites (tertiary alicyclic amines) is 1. The second-order valence-corrected chi connectivity index (χ2v) is 5.51. The second kappa shape index (κ2) is 5.99. The lowest BCUT2D eigenvalue weighted by Crippen LogP contribution is -2.37. The van der Waals surface area contributed by atoms with E-state index in [1.54, 1.807) is 0 Å². The molecular weight excluding hydrogens is 200 g/mol. The number of aliphatic hydroxyl groups is 1. The van der Waals surface area contributed by atoms with Gasteiger partial charge in [0.25, 0.3) is 0 Å². The zero-order valence-electron chi connectivity index (χ0n) is 10.5. The molecule has 1 saturated heterocycles. The number of aliphatic hydroxyl groups excluding tert-OH is 1. The zero-order chi connectivity index (χ0) is 11.4. The van der Waals surface area contributed by atoms with Gasteiger partial charge in [0.1, 0.15) is 0 Å². The predicted molar refractivity (Wildman–Crippen MR) is 66.4 cm³/mol. The first kappa shape index (κ1) is 12.3. The Hall–Kier alpha value is -0.120. The van der Waals surface area contributed by atoms with Crippen LogP contribution in [0, 0.1) is 11.8 Å². The van der Waals surface area contributed by atoms with Crippen molar-refractivity contribution in [1.82, 2.24) is 10.2 Å². The van der Waals surface area contributed by atoms with E-state index in [4.69, 9.17) is 5.11 Å². The Kier molecular flexibility index (Phi) is 4.62. The fourth-order valence-corrected chi connectivity index (χ4v) is 3.46. The van der Waals surface area contributed by atoms with Crippen LogP contribution in [0.1, 0.15) is 32.1 Å². The smallest absolute Gasteiger partial charge is 0.0434 e. The van der Waals surface area contributed by atoms with Gasteiger partial charge < -0.3 is 15.3 Å². The van der Waals surface area contributed by atoms with E-state index in [1.807, 2.05) is 0 Å². The van der Waals surface area contributed by atoms with Crippen molar-refractivity contribution in [2.75, 3.05) is 33.3 Å². The summed E-state index contributed by atoms with van der Waals surface area (Å²) in [7, 11) is 2.10. The summed E-state index contributed by atoms with van der Waals surface area (Å²) in [5.41, 5.74) is 0. The minimum Gasteiger partial charge on any atom is -0.396 e. The monoisotopic (exact) mass is 226 g/mol. The van der Waals surface area contributed by atoms with Crippen molar-refractivity contribution in [2.24, 2.45) is 11.8 Å². The quantitative estimate of drug-likeness (QED) is 0.736. The van der Waals surface area contributed by atoms with Crippen LogP contribution in [-0.2, 0) is 0 Å². The summed E-state index contributed by atoms with van der Waals surface area (Å²) in [5.74, 6) is 1.61. The number of hydrogen-bond donors (Lipinski definition) is 2. The minimum atomic E-state index is 0.362. The number of hydrogen-bond acceptors (Lipinski definition) is 3. The van der Waals surface area contributed by atoms with Gasteiger partial charge in [0.2, 0.25) is 0 Å². The summed E-state index contributed by atoms with van der Waals surface area (Å²) in [6.07, 6.45) is 6.43. The molecule has 0 bridgehead atoms. The Morgan fingerprint density at radius 1 is 1.31 bits per heavy atom. The predicted octanol–water partition coefficient (Wildman–Crippen LogP) is 1.08. The molecular formula is C13H26N2O. The summed E-state index contributed by atoms with van der Waals surface area (Å²) in [5, 5.41) is 12.4. The highest BCUT2D eigenvalue weighted by Crippen LogP contribution is 2.28. The molecule has 0 aromatic rings. The van der Waals surface area contributed by atoms with E-state index < -0.39 is 0 Å². The van der Waals surface area contributed by atoms with Crippen LogP contribution in [0.5, 0.6) is 0 Å². The van der Waals surface area contributed by atoms with E-state index >= 15 is 0 Å². The van der Waals surface area contributed by atoms with Gasteiger partial charge in [-0.25, -0.2) is 0 Å². The molecule has 0 spiro atoms. The zero-order valence-corrected chi connectivity index (χ0v) is 10.5. The van der Waals surface area contributed by atoms with E-state index in [2.05, 4.69) is 17.3 Å². The maximum absolute atomic E-state index is 8.95. The molecule has 3 unspecified atom stereocenters. The van der Waals surface area contributed by atoms with Gasteiger partial charge in [-0.2, -0.15) is 0 Å². The Morgan fingerprint density at radius 3 is 2.94 bits per heavy atom. The van der Waals surface area contributed by atoms with Crippen molar-refractivity contribution in [3.8, 4) is 0 Å². The lowest BCUT2D eigenvalue weighted by molar-refractivity contribution is 0.230. The first-order valence-corrected chi connectivity index (χ1v) is 6.84. The summed E-state index contributed by atoms with van der Waals surface area (Å²) in [4.78, 5) is 2.61. The molecule has 0 amide bonds. The molecule has 94 valence electrons. The average Bonchev–Trinajstić information content (AvgIpc) is 2.89. The third-order valence-electron chi connectivity index (χ3n) is 4.43. The molecule has 0 radical (unpaired) electrons. The van der Waals surface area contributed by atoms with Gasteiger partial charge in [0, 0.05) is 25.7 Å². The molecule has 1 aliphatic carbocycles. The highest BCUT2D eigenvalue weighted by atomic mass is 16.3. The van der Waals surface area contributed by atoms with Crippen LogP contribution in [0.2, 0.25) is 0 Å². The van der Waals surface area contributed by atoms with Crippen molar-refractivity contribution in [3.63, 3.8) is 0 Å². The summed E-state index contributed by atoms with van der Waals surface area (Å²) in [6, 6.07) is 0.747. The number of nitrogens with one attached hydrogen (secondary N) is 1. The summed E-state index contributed by atoms with van der Waals surface area (Å²) in [6.45, 7) is 4.10. The van der Waals surface area contributed by atoms with E-state index in [-0.39, 0.29) is 0 Å². The molecule has 1 saturated carbocycles. The van der Waals surface area contributed by atoms with Crippen molar-refractivity contribution in [3.05, 3.63) is 0 Å². The third-order valence-corrected chi connectivity index (χ3v) is 4.43. The van der Waals surface area contributed by atoms with Crippen molar-refractivity contribution >= 4 is 0 Å². The molecule has 16 heavy (non-hydrogen) atoms. The summed E-state index contributed by atoms with van der Waals surface area (Å²) >= 11 is 0. The first-order chi connectivity index (χ1) is 7.83. The van der Waals surface area contributed by atoms with Crippen LogP contribution < -0.4 is 5.32 Å². The van der Waals surface area contributed by atoms with E-state index in [9.17, 15) is 0 Å². The van der Waals surface area contributed by atoms with Crippen molar-refractivity contribution in [1.29, 1.82) is 0 Å². The second-order valence-electron chi connectivity index (χ2n) is 5.51. The molecule has 3 nitrogen and oxygen atoms in total. The summed E-state index contributed by atoms with van der Waals surface area (Å²) < 4.78 is 0. The van der Waals surface area contributed by atoms with Gasteiger partial charge in [-0.3, -0.25) is 0 Å². The molecule has 0 aromatic carbocycles. The van der Waals surface area contributed by atoms with Gasteiger partial charge in [0.05, 0.1) is 0 Å². The topological polar surface area (TPSA) is 35.5 Å². The molecule has 1 heterocycles. The molecule has 2 N–H and O–H groups in total. The van der Waals surface area contributed by atoms with Crippen LogP contribution in [-0.4, -0.2) is 49.3 Å². The van der Waals surface area contributed by atoms with Crippen LogP contribution >= 0.6 is 0 Å². The van der Waals surface area contributed by atoms with Crippen LogP contribution in [0.15, 0.2) is 0 Å². The maximum atomic E-state index is 8.95. The Morgan fingerprint density at radius 2 is 2.19 bits per heavy atom.